The van der Waals surface area contributed by atoms with Gasteiger partial charge in [0, 0.05) is 18.2 Å². The number of hydrogen-bond acceptors (Lipinski definition) is 3. The number of carbonyl (C=O) groups excluding carboxylic acids is 2. The minimum atomic E-state index is -0.630. The summed E-state index contributed by atoms with van der Waals surface area (Å²) in [4.78, 5) is 23.7. The standard InChI is InChI=1S/C16H23NO3/c1-11(9-10-18)17-15(20)14(19)12-5-7-13(8-6-12)16(2,3)4/h5-8,11,18H,9-10H2,1-4H3,(H,17,20). The third kappa shape index (κ3) is 4.46. The van der Waals surface area contributed by atoms with Crippen LogP contribution in [-0.4, -0.2) is 29.4 Å². The lowest BCUT2D eigenvalue weighted by Crippen LogP contribution is -2.38. The Hall–Kier alpha value is -1.68. The molecule has 0 radical (unpaired) electrons. The van der Waals surface area contributed by atoms with Crippen LogP contribution in [0.3, 0.4) is 0 Å². The van der Waals surface area contributed by atoms with Crippen molar-refractivity contribution in [3.8, 4) is 0 Å². The van der Waals surface area contributed by atoms with Crippen molar-refractivity contribution < 1.29 is 14.7 Å². The van der Waals surface area contributed by atoms with Crippen molar-refractivity contribution in [2.24, 2.45) is 0 Å². The van der Waals surface area contributed by atoms with Crippen molar-refractivity contribution in [2.45, 2.75) is 45.6 Å². The summed E-state index contributed by atoms with van der Waals surface area (Å²) < 4.78 is 0. The fraction of sp³-hybridized carbons (Fsp3) is 0.500. The number of aliphatic hydroxyl groups is 1. The van der Waals surface area contributed by atoms with Crippen LogP contribution in [-0.2, 0) is 10.2 Å². The van der Waals surface area contributed by atoms with Gasteiger partial charge in [-0.15, -0.1) is 0 Å². The number of carbonyl (C=O) groups is 2. The van der Waals surface area contributed by atoms with Crippen LogP contribution in [0.2, 0.25) is 0 Å². The van der Waals surface area contributed by atoms with Gasteiger partial charge in [0.1, 0.15) is 0 Å². The SMILES string of the molecule is CC(CCO)NC(=O)C(=O)c1ccc(C(C)(C)C)cc1. The maximum Gasteiger partial charge on any atom is 0.292 e. The first-order valence-electron chi connectivity index (χ1n) is 6.82. The first-order chi connectivity index (χ1) is 9.25. The summed E-state index contributed by atoms with van der Waals surface area (Å²) in [6, 6.07) is 6.89. The van der Waals surface area contributed by atoms with Gasteiger partial charge in [-0.1, -0.05) is 45.0 Å². The van der Waals surface area contributed by atoms with Gasteiger partial charge in [-0.2, -0.15) is 0 Å². The lowest BCUT2D eigenvalue weighted by Gasteiger charge is -2.19. The van der Waals surface area contributed by atoms with Crippen LogP contribution < -0.4 is 5.32 Å². The van der Waals surface area contributed by atoms with Crippen molar-refractivity contribution >= 4 is 11.7 Å². The molecule has 0 saturated carbocycles. The van der Waals surface area contributed by atoms with E-state index in [0.29, 0.717) is 12.0 Å². The lowest BCUT2D eigenvalue weighted by atomic mass is 9.86. The predicted molar refractivity (Wildman–Crippen MR) is 78.8 cm³/mol. The summed E-state index contributed by atoms with van der Waals surface area (Å²) in [6.07, 6.45) is 0.433. The number of rotatable bonds is 5. The molecule has 20 heavy (non-hydrogen) atoms. The van der Waals surface area contributed by atoms with Gasteiger partial charge in [-0.3, -0.25) is 9.59 Å². The van der Waals surface area contributed by atoms with E-state index in [0.717, 1.165) is 5.56 Å². The minimum absolute atomic E-state index is 0.0134. The maximum absolute atomic E-state index is 12.0. The minimum Gasteiger partial charge on any atom is -0.396 e. The van der Waals surface area contributed by atoms with Crippen LogP contribution in [0.1, 0.15) is 50.0 Å². The molecule has 0 aromatic heterocycles. The first-order valence-corrected chi connectivity index (χ1v) is 6.82. The zero-order valence-corrected chi connectivity index (χ0v) is 12.6. The molecule has 0 fully saturated rings. The van der Waals surface area contributed by atoms with E-state index in [-0.39, 0.29) is 18.1 Å². The molecule has 1 amide bonds. The van der Waals surface area contributed by atoms with Crippen molar-refractivity contribution in [1.29, 1.82) is 0 Å². The van der Waals surface area contributed by atoms with E-state index in [4.69, 9.17) is 5.11 Å². The molecule has 0 aliphatic rings. The molecule has 0 spiro atoms. The quantitative estimate of drug-likeness (QED) is 0.639. The molecule has 1 atom stereocenters. The Morgan fingerprint density at radius 2 is 1.75 bits per heavy atom. The average Bonchev–Trinajstić information content (AvgIpc) is 2.37. The molecule has 1 rings (SSSR count). The van der Waals surface area contributed by atoms with Crippen molar-refractivity contribution in [3.63, 3.8) is 0 Å². The fourth-order valence-corrected chi connectivity index (χ4v) is 1.81. The Labute approximate surface area is 120 Å². The van der Waals surface area contributed by atoms with Crippen molar-refractivity contribution in [2.75, 3.05) is 6.61 Å². The van der Waals surface area contributed by atoms with E-state index in [1.807, 2.05) is 12.1 Å². The number of hydrogen-bond donors (Lipinski definition) is 2. The number of aliphatic hydroxyl groups excluding tert-OH is 1. The molecule has 4 heteroatoms. The fourth-order valence-electron chi connectivity index (χ4n) is 1.81. The van der Waals surface area contributed by atoms with Crippen LogP contribution in [0.25, 0.3) is 0 Å². The molecule has 1 unspecified atom stereocenters. The molecular weight excluding hydrogens is 254 g/mol. The van der Waals surface area contributed by atoms with Gasteiger partial charge >= 0.3 is 0 Å². The van der Waals surface area contributed by atoms with E-state index >= 15 is 0 Å². The highest BCUT2D eigenvalue weighted by Gasteiger charge is 2.19. The van der Waals surface area contributed by atoms with Crippen LogP contribution in [0.5, 0.6) is 0 Å². The molecule has 1 aromatic rings. The van der Waals surface area contributed by atoms with Crippen LogP contribution in [0.15, 0.2) is 24.3 Å². The van der Waals surface area contributed by atoms with Crippen LogP contribution in [0, 0.1) is 0 Å². The van der Waals surface area contributed by atoms with Gasteiger partial charge in [-0.05, 0) is 24.3 Å². The summed E-state index contributed by atoms with van der Waals surface area (Å²) in [5.41, 5.74) is 1.51. The van der Waals surface area contributed by atoms with Crippen LogP contribution in [0.4, 0.5) is 0 Å². The lowest BCUT2D eigenvalue weighted by molar-refractivity contribution is -0.117. The number of amides is 1. The zero-order chi connectivity index (χ0) is 15.3. The van der Waals surface area contributed by atoms with E-state index < -0.39 is 11.7 Å². The van der Waals surface area contributed by atoms with Crippen molar-refractivity contribution in [1.82, 2.24) is 5.32 Å². The highest BCUT2D eigenvalue weighted by atomic mass is 16.3. The van der Waals surface area contributed by atoms with Gasteiger partial charge < -0.3 is 10.4 Å². The second kappa shape index (κ2) is 6.66. The normalized spacial score (nSPS) is 12.8. The van der Waals surface area contributed by atoms with Crippen LogP contribution >= 0.6 is 0 Å². The smallest absolute Gasteiger partial charge is 0.292 e. The molecule has 110 valence electrons. The van der Waals surface area contributed by atoms with Gasteiger partial charge in [-0.25, -0.2) is 0 Å². The Balaban J connectivity index is 2.75. The highest BCUT2D eigenvalue weighted by molar-refractivity contribution is 6.42. The maximum atomic E-state index is 12.0. The molecule has 0 heterocycles. The summed E-state index contributed by atoms with van der Waals surface area (Å²) in [5, 5.41) is 11.4. The summed E-state index contributed by atoms with van der Waals surface area (Å²) in [5.74, 6) is -1.18. The van der Waals surface area contributed by atoms with Gasteiger partial charge in [0.2, 0.25) is 5.78 Å². The number of benzene rings is 1. The molecule has 4 nitrogen and oxygen atoms in total. The van der Waals surface area contributed by atoms with Gasteiger partial charge in [0.05, 0.1) is 0 Å². The third-order valence-corrected chi connectivity index (χ3v) is 3.16. The first kappa shape index (κ1) is 16.4. The molecular formula is C16H23NO3. The van der Waals surface area contributed by atoms with E-state index in [1.54, 1.807) is 19.1 Å². The van der Waals surface area contributed by atoms with Crippen molar-refractivity contribution in [3.05, 3.63) is 35.4 Å². The van der Waals surface area contributed by atoms with E-state index in [9.17, 15) is 9.59 Å². The van der Waals surface area contributed by atoms with Gasteiger partial charge in [0.15, 0.2) is 0 Å². The topological polar surface area (TPSA) is 66.4 Å². The third-order valence-electron chi connectivity index (χ3n) is 3.16. The summed E-state index contributed by atoms with van der Waals surface area (Å²) in [7, 11) is 0. The largest absolute Gasteiger partial charge is 0.396 e. The Morgan fingerprint density at radius 1 is 1.20 bits per heavy atom. The Kier molecular flexibility index (Phi) is 5.45. The Bertz CT molecular complexity index is 471. The monoisotopic (exact) mass is 277 g/mol. The molecule has 1 aromatic carbocycles. The molecule has 0 saturated heterocycles. The average molecular weight is 277 g/mol. The second-order valence-electron chi connectivity index (χ2n) is 6.04. The molecule has 2 N–H and O–H groups in total. The zero-order valence-electron chi connectivity index (χ0n) is 12.6. The number of nitrogens with one attached hydrogen (secondary N) is 1. The molecule has 0 aliphatic carbocycles. The van der Waals surface area contributed by atoms with E-state index in [2.05, 4.69) is 26.1 Å². The number of Topliss-reactive ketones (excluding diaryl/α,β-unsaturated/α-hetero) is 1. The summed E-state index contributed by atoms with van der Waals surface area (Å²) in [6.45, 7) is 8.01. The summed E-state index contributed by atoms with van der Waals surface area (Å²) >= 11 is 0. The van der Waals surface area contributed by atoms with Gasteiger partial charge in [0.25, 0.3) is 5.91 Å². The molecule has 0 bridgehead atoms. The van der Waals surface area contributed by atoms with E-state index in [1.165, 1.54) is 0 Å². The Morgan fingerprint density at radius 3 is 2.20 bits per heavy atom. The second-order valence-corrected chi connectivity index (χ2v) is 6.04. The number of ketones is 1. The molecule has 0 aliphatic heterocycles. The highest BCUT2D eigenvalue weighted by Crippen LogP contribution is 2.22. The predicted octanol–water partition coefficient (Wildman–Crippen LogP) is 2.05.